The van der Waals surface area contributed by atoms with Crippen LogP contribution in [0.3, 0.4) is 0 Å². The fraction of sp³-hybridized carbons (Fsp3) is 1.00. The Labute approximate surface area is 45.2 Å². The van der Waals surface area contributed by atoms with Gasteiger partial charge in [0.2, 0.25) is 0 Å². The largest absolute Gasteiger partial charge is 0.435 e. The topological polar surface area (TPSA) is 72.0 Å². The molecule has 0 amide bonds. The van der Waals surface area contributed by atoms with E-state index in [0.717, 1.165) is 0 Å². The summed E-state index contributed by atoms with van der Waals surface area (Å²) in [5.41, 5.74) is 0. The molecule has 7 heavy (non-hydrogen) atoms. The number of hydrogen-bond acceptors (Lipinski definition) is 2. The van der Waals surface area contributed by atoms with Crippen LogP contribution >= 0.6 is 0 Å². The molecule has 0 aliphatic carbocycles. The first-order valence-electron chi connectivity index (χ1n) is 1.89. The van der Waals surface area contributed by atoms with Crippen molar-refractivity contribution in [1.82, 2.24) is 0 Å². The van der Waals surface area contributed by atoms with Gasteiger partial charge in [0.25, 0.3) is 0 Å². The van der Waals surface area contributed by atoms with E-state index in [4.69, 9.17) is 9.90 Å². The van der Waals surface area contributed by atoms with Gasteiger partial charge in [-0.1, -0.05) is 0 Å². The molecule has 0 heterocycles. The van der Waals surface area contributed by atoms with Gasteiger partial charge in [-0.2, -0.15) is 0 Å². The van der Waals surface area contributed by atoms with Gasteiger partial charge in [0.05, 0.1) is 5.22 Å². The summed E-state index contributed by atoms with van der Waals surface area (Å²) >= 11 is 0. The Morgan fingerprint density at radius 1 is 1.43 bits per heavy atom. The number of aliphatic hydroxyl groups is 1. The van der Waals surface area contributed by atoms with Crippen molar-refractivity contribution < 1.29 is 15.4 Å². The maximum Gasteiger partial charge on any atom is 0.188 e. The Morgan fingerprint density at radius 3 is 1.57 bits per heavy atom. The molecule has 0 bridgehead atoms. The van der Waals surface area contributed by atoms with Crippen LogP contribution in [0.5, 0.6) is 0 Å². The molecular weight excluding hydrogens is 112 g/mol. The fourth-order valence-corrected chi connectivity index (χ4v) is 0. The second kappa shape index (κ2) is 3.14. The van der Waals surface area contributed by atoms with E-state index in [1.165, 1.54) is 0 Å². The van der Waals surface area contributed by atoms with Gasteiger partial charge in [0.1, 0.15) is 0 Å². The summed E-state index contributed by atoms with van der Waals surface area (Å²) in [5.74, 6) is 0. The predicted octanol–water partition coefficient (Wildman–Crippen LogP) is -2.03. The summed E-state index contributed by atoms with van der Waals surface area (Å²) in [6, 6.07) is 0. The fourth-order valence-electron chi connectivity index (χ4n) is 0. The first-order chi connectivity index (χ1) is 2.56. The standard InChI is InChI=1S/C3H10O2Si.H2O/c1-3(2,4)6-5;/h4-5H,6H2,1-2H3;1H2. The molecule has 0 spiro atoms. The minimum absolute atomic E-state index is 0. The summed E-state index contributed by atoms with van der Waals surface area (Å²) in [5, 5.41) is 7.87. The van der Waals surface area contributed by atoms with Crippen molar-refractivity contribution in [3.63, 3.8) is 0 Å². The zero-order valence-electron chi connectivity index (χ0n) is 4.60. The van der Waals surface area contributed by atoms with Crippen LogP contribution < -0.4 is 0 Å². The highest BCUT2D eigenvalue weighted by molar-refractivity contribution is 6.29. The maximum absolute atomic E-state index is 8.64. The Kier molecular flexibility index (Phi) is 4.56. The molecule has 0 atom stereocenters. The molecule has 4 heteroatoms. The Hall–Kier alpha value is 0.0969. The van der Waals surface area contributed by atoms with Gasteiger partial charge < -0.3 is 15.4 Å². The van der Waals surface area contributed by atoms with Crippen LogP contribution in [0.1, 0.15) is 13.8 Å². The number of hydrogen-bond donors (Lipinski definition) is 2. The zero-order chi connectivity index (χ0) is 5.21. The molecule has 0 radical (unpaired) electrons. The third-order valence-electron chi connectivity index (χ3n) is 0.387. The average molecular weight is 124 g/mol. The second-order valence-electron chi connectivity index (χ2n) is 1.97. The molecule has 0 aromatic carbocycles. The maximum atomic E-state index is 8.64. The van der Waals surface area contributed by atoms with Crippen molar-refractivity contribution in [2.75, 3.05) is 0 Å². The van der Waals surface area contributed by atoms with E-state index >= 15 is 0 Å². The van der Waals surface area contributed by atoms with Crippen molar-refractivity contribution in [2.45, 2.75) is 19.1 Å². The van der Waals surface area contributed by atoms with E-state index in [0.29, 0.717) is 0 Å². The molecule has 0 rings (SSSR count). The molecule has 46 valence electrons. The molecule has 0 aromatic heterocycles. The summed E-state index contributed by atoms with van der Waals surface area (Å²) in [7, 11) is -1.19. The predicted molar refractivity (Wildman–Crippen MR) is 30.7 cm³/mol. The Bertz CT molecular complexity index is 39.9. The first-order valence-corrected chi connectivity index (χ1v) is 3.23. The van der Waals surface area contributed by atoms with Crippen LogP contribution in [0.25, 0.3) is 0 Å². The lowest BCUT2D eigenvalue weighted by molar-refractivity contribution is 0.152. The van der Waals surface area contributed by atoms with Crippen molar-refractivity contribution in [1.29, 1.82) is 0 Å². The smallest absolute Gasteiger partial charge is 0.188 e. The van der Waals surface area contributed by atoms with Gasteiger partial charge in [-0.25, -0.2) is 0 Å². The van der Waals surface area contributed by atoms with E-state index in [2.05, 4.69) is 0 Å². The highest BCUT2D eigenvalue weighted by Gasteiger charge is 2.09. The van der Waals surface area contributed by atoms with Crippen LogP contribution in [0, 0.1) is 0 Å². The highest BCUT2D eigenvalue weighted by Crippen LogP contribution is 1.92. The lowest BCUT2D eigenvalue weighted by Gasteiger charge is -2.09. The number of rotatable bonds is 1. The van der Waals surface area contributed by atoms with E-state index in [1.54, 1.807) is 13.8 Å². The molecular formula is C3H12O3Si. The Balaban J connectivity index is 0. The van der Waals surface area contributed by atoms with Gasteiger partial charge >= 0.3 is 0 Å². The van der Waals surface area contributed by atoms with Crippen LogP contribution in [-0.4, -0.2) is 30.4 Å². The summed E-state index contributed by atoms with van der Waals surface area (Å²) < 4.78 is 0. The van der Waals surface area contributed by atoms with Crippen molar-refractivity contribution in [3.05, 3.63) is 0 Å². The van der Waals surface area contributed by atoms with Crippen LogP contribution in [0.4, 0.5) is 0 Å². The third-order valence-corrected chi connectivity index (χ3v) is 1.16. The molecule has 0 saturated carbocycles. The first kappa shape index (κ1) is 10.2. The minimum Gasteiger partial charge on any atom is -0.435 e. The van der Waals surface area contributed by atoms with E-state index < -0.39 is 15.0 Å². The molecule has 0 aliphatic heterocycles. The molecule has 0 fully saturated rings. The van der Waals surface area contributed by atoms with Crippen molar-refractivity contribution >= 4 is 9.76 Å². The average Bonchev–Trinajstić information content (AvgIpc) is 1.35. The third kappa shape index (κ3) is 10.7. The quantitative estimate of drug-likeness (QED) is 0.396. The van der Waals surface area contributed by atoms with Gasteiger partial charge in [-0.3, -0.25) is 0 Å². The highest BCUT2D eigenvalue weighted by atomic mass is 28.2. The second-order valence-corrected chi connectivity index (χ2v) is 4.02. The SMILES string of the molecule is CC(C)(O)[SiH2]O.O. The summed E-state index contributed by atoms with van der Waals surface area (Å²) in [6.45, 7) is 3.22. The Morgan fingerprint density at radius 2 is 1.57 bits per heavy atom. The van der Waals surface area contributed by atoms with Crippen LogP contribution in [0.2, 0.25) is 0 Å². The molecule has 0 aromatic rings. The summed E-state index contributed by atoms with van der Waals surface area (Å²) in [4.78, 5) is 8.29. The van der Waals surface area contributed by atoms with E-state index in [9.17, 15) is 0 Å². The molecule has 3 nitrogen and oxygen atoms in total. The summed E-state index contributed by atoms with van der Waals surface area (Å²) in [6.07, 6.45) is 0. The molecule has 4 N–H and O–H groups in total. The van der Waals surface area contributed by atoms with Gasteiger partial charge in [0, 0.05) is 0 Å². The minimum atomic E-state index is -1.19. The van der Waals surface area contributed by atoms with Gasteiger partial charge in [0.15, 0.2) is 9.76 Å². The normalized spacial score (nSPS) is 12.0. The molecule has 0 unspecified atom stereocenters. The lowest BCUT2D eigenvalue weighted by atomic mass is 10.5. The van der Waals surface area contributed by atoms with Crippen LogP contribution in [-0.2, 0) is 0 Å². The van der Waals surface area contributed by atoms with Crippen molar-refractivity contribution in [2.24, 2.45) is 0 Å². The monoisotopic (exact) mass is 124 g/mol. The van der Waals surface area contributed by atoms with Crippen LogP contribution in [0.15, 0.2) is 0 Å². The molecule has 0 aliphatic rings. The van der Waals surface area contributed by atoms with E-state index in [1.807, 2.05) is 0 Å². The van der Waals surface area contributed by atoms with E-state index in [-0.39, 0.29) is 5.48 Å². The zero-order valence-corrected chi connectivity index (χ0v) is 6.02. The lowest BCUT2D eigenvalue weighted by Crippen LogP contribution is -2.26. The van der Waals surface area contributed by atoms with Gasteiger partial charge in [-0.05, 0) is 13.8 Å². The van der Waals surface area contributed by atoms with Crippen molar-refractivity contribution in [3.8, 4) is 0 Å². The molecule has 0 saturated heterocycles. The van der Waals surface area contributed by atoms with Gasteiger partial charge in [-0.15, -0.1) is 0 Å².